The van der Waals surface area contributed by atoms with E-state index in [9.17, 15) is 4.79 Å². The lowest BCUT2D eigenvalue weighted by molar-refractivity contribution is -0.134. The van der Waals surface area contributed by atoms with Crippen molar-refractivity contribution in [2.75, 3.05) is 26.3 Å². The van der Waals surface area contributed by atoms with Crippen LogP contribution in [0.3, 0.4) is 0 Å². The topological polar surface area (TPSA) is 29.5 Å². The first-order chi connectivity index (χ1) is 5.75. The molecule has 0 aliphatic carbocycles. The molecule has 0 aromatic heterocycles. The van der Waals surface area contributed by atoms with E-state index < -0.39 is 0 Å². The number of nitrogens with zero attached hydrogens (tertiary/aromatic N) is 1. The van der Waals surface area contributed by atoms with Crippen LogP contribution in [0.5, 0.6) is 0 Å². The SMILES string of the molecule is CC[C@H](Br)C(=O)N1CCOCC1. The van der Waals surface area contributed by atoms with Crippen molar-refractivity contribution in [3.05, 3.63) is 0 Å². The summed E-state index contributed by atoms with van der Waals surface area (Å²) in [6, 6.07) is 0. The molecule has 0 aromatic carbocycles. The standard InChI is InChI=1S/C8H14BrNO2/c1-2-7(9)8(11)10-3-5-12-6-4-10/h7H,2-6H2,1H3/t7-/m0/s1. The van der Waals surface area contributed by atoms with Crippen LogP contribution in [0, 0.1) is 0 Å². The smallest absolute Gasteiger partial charge is 0.236 e. The van der Waals surface area contributed by atoms with Crippen molar-refractivity contribution in [2.24, 2.45) is 0 Å². The van der Waals surface area contributed by atoms with Crippen molar-refractivity contribution in [3.8, 4) is 0 Å². The Labute approximate surface area is 81.2 Å². The molecule has 1 atom stereocenters. The number of ether oxygens (including phenoxy) is 1. The first-order valence-electron chi connectivity index (χ1n) is 4.26. The molecule has 3 nitrogen and oxygen atoms in total. The normalized spacial score (nSPS) is 20.7. The third-order valence-corrected chi connectivity index (χ3v) is 2.99. The van der Waals surface area contributed by atoms with Crippen LogP contribution in [0.2, 0.25) is 0 Å². The van der Waals surface area contributed by atoms with Gasteiger partial charge in [0, 0.05) is 13.1 Å². The Kier molecular flexibility index (Phi) is 4.01. The lowest BCUT2D eigenvalue weighted by Gasteiger charge is -2.28. The fourth-order valence-corrected chi connectivity index (χ4v) is 1.45. The van der Waals surface area contributed by atoms with E-state index in [2.05, 4.69) is 15.9 Å². The molecule has 1 aliphatic heterocycles. The van der Waals surface area contributed by atoms with Gasteiger partial charge in [-0.25, -0.2) is 0 Å². The zero-order chi connectivity index (χ0) is 8.97. The molecule has 1 heterocycles. The second-order valence-electron chi connectivity index (χ2n) is 2.81. The zero-order valence-electron chi connectivity index (χ0n) is 7.25. The molecule has 0 aromatic rings. The maximum Gasteiger partial charge on any atom is 0.236 e. The highest BCUT2D eigenvalue weighted by Crippen LogP contribution is 2.10. The van der Waals surface area contributed by atoms with Crippen LogP contribution in [0.1, 0.15) is 13.3 Å². The fourth-order valence-electron chi connectivity index (χ4n) is 1.16. The molecule has 0 saturated carbocycles. The quantitative estimate of drug-likeness (QED) is 0.670. The Morgan fingerprint density at radius 2 is 2.17 bits per heavy atom. The van der Waals surface area contributed by atoms with Gasteiger partial charge in [0.05, 0.1) is 18.0 Å². The molecule has 0 N–H and O–H groups in total. The summed E-state index contributed by atoms with van der Waals surface area (Å²) in [6.07, 6.45) is 0.843. The second-order valence-corrected chi connectivity index (χ2v) is 3.92. The van der Waals surface area contributed by atoms with Gasteiger partial charge in [-0.1, -0.05) is 22.9 Å². The van der Waals surface area contributed by atoms with Crippen molar-refractivity contribution in [3.63, 3.8) is 0 Å². The van der Waals surface area contributed by atoms with E-state index in [-0.39, 0.29) is 10.7 Å². The summed E-state index contributed by atoms with van der Waals surface area (Å²) in [5.41, 5.74) is 0. The first kappa shape index (κ1) is 9.99. The summed E-state index contributed by atoms with van der Waals surface area (Å²) >= 11 is 3.35. The number of halogens is 1. The molecule has 1 rings (SSSR count). The third-order valence-electron chi connectivity index (χ3n) is 1.95. The molecule has 0 bridgehead atoms. The van der Waals surface area contributed by atoms with Gasteiger partial charge in [-0.2, -0.15) is 0 Å². The van der Waals surface area contributed by atoms with E-state index in [0.717, 1.165) is 19.5 Å². The number of alkyl halides is 1. The Morgan fingerprint density at radius 3 is 2.67 bits per heavy atom. The van der Waals surface area contributed by atoms with Crippen LogP contribution in [0.25, 0.3) is 0 Å². The molecule has 70 valence electrons. The first-order valence-corrected chi connectivity index (χ1v) is 5.18. The summed E-state index contributed by atoms with van der Waals surface area (Å²) in [6.45, 7) is 4.82. The number of rotatable bonds is 2. The summed E-state index contributed by atoms with van der Waals surface area (Å²) in [7, 11) is 0. The molecule has 1 aliphatic rings. The fraction of sp³-hybridized carbons (Fsp3) is 0.875. The van der Waals surface area contributed by atoms with Gasteiger partial charge in [-0.05, 0) is 6.42 Å². The monoisotopic (exact) mass is 235 g/mol. The van der Waals surface area contributed by atoms with Gasteiger partial charge >= 0.3 is 0 Å². The largest absolute Gasteiger partial charge is 0.378 e. The van der Waals surface area contributed by atoms with E-state index in [1.54, 1.807) is 0 Å². The highest BCUT2D eigenvalue weighted by Gasteiger charge is 2.21. The minimum absolute atomic E-state index is 0.0180. The minimum Gasteiger partial charge on any atom is -0.378 e. The summed E-state index contributed by atoms with van der Waals surface area (Å²) in [5.74, 6) is 0.195. The van der Waals surface area contributed by atoms with Crippen LogP contribution >= 0.6 is 15.9 Å². The Hall–Kier alpha value is -0.0900. The number of carbonyl (C=O) groups excluding carboxylic acids is 1. The molecule has 4 heteroatoms. The van der Waals surface area contributed by atoms with Gasteiger partial charge < -0.3 is 9.64 Å². The van der Waals surface area contributed by atoms with Crippen molar-refractivity contribution >= 4 is 21.8 Å². The maximum atomic E-state index is 11.6. The number of carbonyl (C=O) groups is 1. The highest BCUT2D eigenvalue weighted by molar-refractivity contribution is 9.10. The Balaban J connectivity index is 2.39. The van der Waals surface area contributed by atoms with Gasteiger partial charge in [0.1, 0.15) is 0 Å². The molecule has 1 saturated heterocycles. The van der Waals surface area contributed by atoms with E-state index in [4.69, 9.17) is 4.74 Å². The summed E-state index contributed by atoms with van der Waals surface area (Å²) in [4.78, 5) is 13.4. The van der Waals surface area contributed by atoms with Crippen molar-refractivity contribution in [1.29, 1.82) is 0 Å². The minimum atomic E-state index is -0.0180. The van der Waals surface area contributed by atoms with E-state index in [0.29, 0.717) is 13.2 Å². The number of amides is 1. The average Bonchev–Trinajstić information content (AvgIpc) is 2.17. The number of hydrogen-bond donors (Lipinski definition) is 0. The van der Waals surface area contributed by atoms with Gasteiger partial charge in [0.15, 0.2) is 0 Å². The highest BCUT2D eigenvalue weighted by atomic mass is 79.9. The molecule has 12 heavy (non-hydrogen) atoms. The van der Waals surface area contributed by atoms with Crippen LogP contribution in [-0.2, 0) is 9.53 Å². The summed E-state index contributed by atoms with van der Waals surface area (Å²) in [5, 5.41) is 0. The van der Waals surface area contributed by atoms with Crippen molar-refractivity contribution < 1.29 is 9.53 Å². The Bertz CT molecular complexity index is 157. The summed E-state index contributed by atoms with van der Waals surface area (Å²) < 4.78 is 5.15. The Morgan fingerprint density at radius 1 is 1.58 bits per heavy atom. The molecule has 0 unspecified atom stereocenters. The van der Waals surface area contributed by atoms with Gasteiger partial charge in [0.25, 0.3) is 0 Å². The molecule has 0 radical (unpaired) electrons. The maximum absolute atomic E-state index is 11.6. The van der Waals surface area contributed by atoms with Gasteiger partial charge in [0.2, 0.25) is 5.91 Å². The van der Waals surface area contributed by atoms with Gasteiger partial charge in [-0.3, -0.25) is 4.79 Å². The van der Waals surface area contributed by atoms with E-state index in [1.807, 2.05) is 11.8 Å². The predicted molar refractivity (Wildman–Crippen MR) is 50.4 cm³/mol. The van der Waals surface area contributed by atoms with Crippen LogP contribution in [-0.4, -0.2) is 41.9 Å². The molecule has 1 amide bonds. The van der Waals surface area contributed by atoms with Crippen LogP contribution < -0.4 is 0 Å². The van der Waals surface area contributed by atoms with E-state index in [1.165, 1.54) is 0 Å². The van der Waals surface area contributed by atoms with Crippen LogP contribution in [0.4, 0.5) is 0 Å². The lowest BCUT2D eigenvalue weighted by Crippen LogP contribution is -2.43. The van der Waals surface area contributed by atoms with Crippen LogP contribution in [0.15, 0.2) is 0 Å². The average molecular weight is 236 g/mol. The van der Waals surface area contributed by atoms with Gasteiger partial charge in [-0.15, -0.1) is 0 Å². The second kappa shape index (κ2) is 4.82. The van der Waals surface area contributed by atoms with Crippen molar-refractivity contribution in [2.45, 2.75) is 18.2 Å². The zero-order valence-corrected chi connectivity index (χ0v) is 8.84. The number of hydrogen-bond acceptors (Lipinski definition) is 2. The molecule has 0 spiro atoms. The lowest BCUT2D eigenvalue weighted by atomic mass is 10.3. The van der Waals surface area contributed by atoms with E-state index >= 15 is 0 Å². The van der Waals surface area contributed by atoms with Crippen molar-refractivity contribution in [1.82, 2.24) is 4.90 Å². The number of morpholine rings is 1. The predicted octanol–water partition coefficient (Wildman–Crippen LogP) is 1.02. The third kappa shape index (κ3) is 2.45. The molecular weight excluding hydrogens is 222 g/mol. The molecule has 1 fully saturated rings. The molecular formula is C8H14BrNO2.